The molecular formula is C77H99FN12O23S. The summed E-state index contributed by atoms with van der Waals surface area (Å²) in [5.74, 6) is -0.981. The predicted molar refractivity (Wildman–Crippen MR) is 403 cm³/mol. The first kappa shape index (κ1) is 88.1. The van der Waals surface area contributed by atoms with Gasteiger partial charge in [0, 0.05) is 87.1 Å². The lowest BCUT2D eigenvalue weighted by Crippen LogP contribution is -2.52. The molecule has 114 heavy (non-hydrogen) atoms. The lowest BCUT2D eigenvalue weighted by Gasteiger charge is -2.32. The van der Waals surface area contributed by atoms with Crippen molar-refractivity contribution in [1.29, 1.82) is 0 Å². The molecular weight excluding hydrogens is 1510 g/mol. The molecule has 2 aliphatic heterocycles. The van der Waals surface area contributed by atoms with Gasteiger partial charge in [-0.25, -0.2) is 32.6 Å². The van der Waals surface area contributed by atoms with Crippen molar-refractivity contribution in [3.05, 3.63) is 116 Å². The second kappa shape index (κ2) is 45.3. The number of esters is 1. The summed E-state index contributed by atoms with van der Waals surface area (Å²) in [7, 11) is -1.99. The zero-order valence-electron chi connectivity index (χ0n) is 63.9. The number of hydrogen-bond donors (Lipinski definition) is 9. The van der Waals surface area contributed by atoms with Crippen LogP contribution in [0.15, 0.2) is 64.8 Å². The Morgan fingerprint density at radius 1 is 0.667 bits per heavy atom. The van der Waals surface area contributed by atoms with Gasteiger partial charge in [0.05, 0.1) is 153 Å². The maximum Gasteiger partial charge on any atom is 0.343 e. The second-order valence-electron chi connectivity index (χ2n) is 27.2. The number of rotatable bonds is 51. The first-order chi connectivity index (χ1) is 55.1. The number of halogens is 1. The minimum Gasteiger partial charge on any atom is -0.458 e. The number of pyridine rings is 2. The first-order valence-corrected chi connectivity index (χ1v) is 39.7. The number of nitrogens with one attached hydrogen (secondary N) is 8. The monoisotopic (exact) mass is 1610 g/mol. The molecule has 1 saturated carbocycles. The second-order valence-corrected chi connectivity index (χ2v) is 29.1. The zero-order chi connectivity index (χ0) is 81.2. The molecule has 0 saturated heterocycles. The molecule has 2 aliphatic carbocycles. The van der Waals surface area contributed by atoms with E-state index in [0.29, 0.717) is 149 Å². The van der Waals surface area contributed by atoms with Crippen LogP contribution in [0.4, 0.5) is 4.39 Å². The van der Waals surface area contributed by atoms with Crippen LogP contribution in [0.3, 0.4) is 0 Å². The van der Waals surface area contributed by atoms with Crippen LogP contribution in [-0.4, -0.2) is 250 Å². The van der Waals surface area contributed by atoms with Gasteiger partial charge >= 0.3 is 5.97 Å². The number of sulfone groups is 1. The van der Waals surface area contributed by atoms with Gasteiger partial charge in [0.25, 0.3) is 5.56 Å². The fourth-order valence-electron chi connectivity index (χ4n) is 12.7. The molecule has 37 heteroatoms. The molecule has 2 aromatic carbocycles. The molecule has 5 heterocycles. The molecule has 8 amide bonds. The minimum atomic E-state index is -3.61. The number of carbonyl (C=O) groups excluding carboxylic acids is 9. The number of aromatic nitrogens is 4. The van der Waals surface area contributed by atoms with Crippen molar-refractivity contribution in [2.75, 3.05) is 152 Å². The number of aryl methyl sites for hydroxylation is 1. The SMILES string of the molecule is COCCOCCOCCOCCOCCOCCOCCOCCNC(=O)[C@H](CCC(=O)NCC(=O)NCC(=O)N[C@@H](Cc1ccccc1)C(=O)NCC(=O)NCOCC(=O)NCc1c2c(nc3cc(F)c4c(c13)CCC4)-c1cc3c(c(=O)n1C2)COC(=O)[C@]3(O)CC1CC1)NC(=O)CCCC#Cc1cnc(S(C)(=O)=O)nc1. The summed E-state index contributed by atoms with van der Waals surface area (Å²) in [6.45, 7) is 2.50. The zero-order valence-corrected chi connectivity index (χ0v) is 64.7. The molecule has 35 nitrogen and oxygen atoms in total. The molecule has 0 spiro atoms. The summed E-state index contributed by atoms with van der Waals surface area (Å²) in [5.41, 5.74) is 2.30. The van der Waals surface area contributed by atoms with Gasteiger partial charge in [0.1, 0.15) is 37.8 Å². The van der Waals surface area contributed by atoms with E-state index in [9.17, 15) is 61.5 Å². The molecule has 0 unspecified atom stereocenters. The van der Waals surface area contributed by atoms with Crippen LogP contribution in [0.5, 0.6) is 0 Å². The van der Waals surface area contributed by atoms with E-state index in [4.69, 9.17) is 52.4 Å². The van der Waals surface area contributed by atoms with E-state index in [1.165, 1.54) is 23.0 Å². The van der Waals surface area contributed by atoms with Gasteiger partial charge in [-0.05, 0) is 72.8 Å². The average molecular weight is 1610 g/mol. The minimum absolute atomic E-state index is 0.0313. The summed E-state index contributed by atoms with van der Waals surface area (Å²) in [5, 5.41) is 32.6. The number of ether oxygens (including phenoxy) is 10. The molecule has 1 fully saturated rings. The van der Waals surface area contributed by atoms with Crippen LogP contribution in [0, 0.1) is 23.6 Å². The Kier molecular flexibility index (Phi) is 35.0. The van der Waals surface area contributed by atoms with Crippen LogP contribution < -0.4 is 48.1 Å². The lowest BCUT2D eigenvalue weighted by atomic mass is 9.84. The smallest absolute Gasteiger partial charge is 0.343 e. The van der Waals surface area contributed by atoms with E-state index in [-0.39, 0.29) is 113 Å². The number of amides is 8. The summed E-state index contributed by atoms with van der Waals surface area (Å²) >= 11 is 0. The normalized spacial score (nSPS) is 15.0. The Labute approximate surface area is 657 Å². The van der Waals surface area contributed by atoms with Crippen LogP contribution in [0.2, 0.25) is 0 Å². The third-order valence-electron chi connectivity index (χ3n) is 18.6. The van der Waals surface area contributed by atoms with E-state index in [1.807, 2.05) is 0 Å². The first-order valence-electron chi connectivity index (χ1n) is 37.8. The topological polar surface area (TPSA) is 457 Å². The molecule has 9 rings (SSSR count). The van der Waals surface area contributed by atoms with Crippen LogP contribution in [0.25, 0.3) is 22.3 Å². The fraction of sp³-hybridized carbons (Fsp3) is 0.545. The Bertz CT molecular complexity index is 4410. The summed E-state index contributed by atoms with van der Waals surface area (Å²) in [6, 6.07) is 9.12. The molecule has 3 atom stereocenters. The summed E-state index contributed by atoms with van der Waals surface area (Å²) in [4.78, 5) is 146. The Hall–Kier alpha value is -9.85. The molecule has 0 radical (unpaired) electrons. The third-order valence-corrected chi connectivity index (χ3v) is 19.5. The van der Waals surface area contributed by atoms with Crippen molar-refractivity contribution in [1.82, 2.24) is 62.1 Å². The fourth-order valence-corrected chi connectivity index (χ4v) is 13.2. The Morgan fingerprint density at radius 2 is 1.26 bits per heavy atom. The summed E-state index contributed by atoms with van der Waals surface area (Å²) in [6.07, 6.45) is 6.91. The molecule has 3 aromatic heterocycles. The number of methoxy groups -OCH3 is 1. The van der Waals surface area contributed by atoms with E-state index in [0.717, 1.165) is 24.7 Å². The predicted octanol–water partition coefficient (Wildman–Crippen LogP) is -0.561. The highest BCUT2D eigenvalue weighted by Crippen LogP contribution is 2.46. The van der Waals surface area contributed by atoms with E-state index < -0.39 is 125 Å². The molecule has 618 valence electrons. The van der Waals surface area contributed by atoms with E-state index >= 15 is 4.39 Å². The van der Waals surface area contributed by atoms with E-state index in [1.54, 1.807) is 43.5 Å². The number of fused-ring (bicyclic) bond motifs is 7. The van der Waals surface area contributed by atoms with Crippen LogP contribution in [-0.2, 0) is 145 Å². The quantitative estimate of drug-likeness (QED) is 0.00760. The highest BCUT2D eigenvalue weighted by molar-refractivity contribution is 7.90. The van der Waals surface area contributed by atoms with Gasteiger partial charge < -0.3 is 99.6 Å². The van der Waals surface area contributed by atoms with Crippen LogP contribution >= 0.6 is 0 Å². The lowest BCUT2D eigenvalue weighted by molar-refractivity contribution is -0.173. The number of benzene rings is 2. The van der Waals surface area contributed by atoms with Gasteiger partial charge in [-0.2, -0.15) is 0 Å². The Morgan fingerprint density at radius 3 is 1.91 bits per heavy atom. The van der Waals surface area contributed by atoms with E-state index in [2.05, 4.69) is 64.3 Å². The number of carbonyl (C=O) groups is 9. The van der Waals surface area contributed by atoms with Gasteiger partial charge in [0.15, 0.2) is 5.60 Å². The molecule has 9 N–H and O–H groups in total. The third kappa shape index (κ3) is 27.4. The van der Waals surface area contributed by atoms with Gasteiger partial charge in [-0.1, -0.05) is 55.0 Å². The highest BCUT2D eigenvalue weighted by Gasteiger charge is 2.50. The van der Waals surface area contributed by atoms with Gasteiger partial charge in [0.2, 0.25) is 62.3 Å². The van der Waals surface area contributed by atoms with Crippen molar-refractivity contribution in [3.8, 4) is 23.2 Å². The van der Waals surface area contributed by atoms with Crippen LogP contribution in [0.1, 0.15) is 102 Å². The van der Waals surface area contributed by atoms with Crippen molar-refractivity contribution < 1.29 is 108 Å². The number of unbranched alkanes of at least 4 members (excludes halogenated alkanes) is 1. The molecule has 0 bridgehead atoms. The number of aliphatic hydroxyl groups is 1. The van der Waals surface area contributed by atoms with Crippen molar-refractivity contribution >= 4 is 74.0 Å². The highest BCUT2D eigenvalue weighted by atomic mass is 32.2. The van der Waals surface area contributed by atoms with Gasteiger partial charge in [-0.15, -0.1) is 0 Å². The largest absolute Gasteiger partial charge is 0.458 e. The standard InChI is InChI=1S/C77H99FN12O23S/c1-104-22-23-106-26-27-108-30-31-110-34-35-111-33-32-109-29-28-107-25-24-105-21-20-79-72(97)60(87-65(92)15-8-4-7-12-52-40-84-76(85-41-52)114(2,102)103)18-19-64(91)81-43-66(93)82-45-68(95)88-62(36-50-10-5-3-6-11-50)73(98)83-44-67(94)86-49-112-48-69(96)80-42-55-56-46-90-63(71(56)89-61-38-59(78)53-13-9-14-54(53)70(55)61)37-58-57(74(90)99)47-113-75(100)77(58,101)39-51-16-17-51/h3,5-6,10-11,37-38,40-41,51,60,62,101H,4,8-9,13-36,39,42-49H2,1-2H3,(H,79,97)(H,80,96)(H,81,91)(H,82,93)(H,83,98)(H,86,94)(H,87,92)(H,88,95)/t60-,62-,77-/m0/s1. The molecule has 5 aromatic rings. The van der Waals surface area contributed by atoms with Gasteiger partial charge in [-0.3, -0.25) is 43.2 Å². The maximum atomic E-state index is 15.7. The summed E-state index contributed by atoms with van der Waals surface area (Å²) < 4.78 is 94.7. The number of nitrogens with zero attached hydrogens (tertiary/aromatic N) is 4. The van der Waals surface area contributed by atoms with Crippen molar-refractivity contribution in [2.45, 2.75) is 120 Å². The molecule has 4 aliphatic rings. The maximum absolute atomic E-state index is 15.7. The average Bonchev–Trinajstić information content (AvgIpc) is 1.52. The van der Waals surface area contributed by atoms with Crippen molar-refractivity contribution in [2.24, 2.45) is 5.92 Å². The van der Waals surface area contributed by atoms with Crippen molar-refractivity contribution in [3.63, 3.8) is 0 Å². The number of hydrogen-bond acceptors (Lipinski definition) is 26. The number of cyclic esters (lactones) is 1. The Balaban J connectivity index is 0.673.